The first-order valence-corrected chi connectivity index (χ1v) is 7.26. The zero-order valence-electron chi connectivity index (χ0n) is 11.7. The standard InChI is InChI=1S/C15H19F3N2.ClH/c16-11-8-12(14(18)13(17)9-11)15(10-2-1-3-10)20-6-4-19-5-7-20;/h8-10,15,19H,1-7H2;1H/t15-;/m0./s1. The normalized spacial score (nSPS) is 21.5. The van der Waals surface area contributed by atoms with Crippen molar-refractivity contribution in [3.8, 4) is 0 Å². The second kappa shape index (κ2) is 6.99. The molecule has 2 aliphatic rings. The Morgan fingerprint density at radius 1 is 1.10 bits per heavy atom. The number of halogens is 4. The SMILES string of the molecule is Cl.Fc1cc(F)c(F)c([C@H](C2CCC2)N2CCNCC2)c1. The van der Waals surface area contributed by atoms with Gasteiger partial charge in [0.15, 0.2) is 11.6 Å². The maximum absolute atomic E-state index is 14.1. The van der Waals surface area contributed by atoms with Gasteiger partial charge in [0, 0.05) is 43.9 Å². The molecule has 3 rings (SSSR count). The van der Waals surface area contributed by atoms with E-state index in [0.717, 1.165) is 45.4 Å². The van der Waals surface area contributed by atoms with E-state index in [1.807, 2.05) is 0 Å². The zero-order chi connectivity index (χ0) is 14.1. The number of rotatable bonds is 3. The molecular formula is C15H20ClF3N2. The maximum Gasteiger partial charge on any atom is 0.163 e. The summed E-state index contributed by atoms with van der Waals surface area (Å²) in [5, 5.41) is 3.25. The van der Waals surface area contributed by atoms with Gasteiger partial charge in [-0.1, -0.05) is 6.42 Å². The van der Waals surface area contributed by atoms with Crippen molar-refractivity contribution in [2.24, 2.45) is 5.92 Å². The third-order valence-corrected chi connectivity index (χ3v) is 4.48. The van der Waals surface area contributed by atoms with E-state index in [2.05, 4.69) is 10.2 Å². The number of nitrogens with zero attached hydrogens (tertiary/aromatic N) is 1. The average Bonchev–Trinajstić information content (AvgIpc) is 2.39. The molecule has 21 heavy (non-hydrogen) atoms. The van der Waals surface area contributed by atoms with Crippen molar-refractivity contribution in [2.75, 3.05) is 26.2 Å². The zero-order valence-corrected chi connectivity index (χ0v) is 12.6. The Balaban J connectivity index is 0.00000161. The van der Waals surface area contributed by atoms with Crippen molar-refractivity contribution in [1.82, 2.24) is 10.2 Å². The first-order valence-electron chi connectivity index (χ1n) is 7.26. The number of hydrogen-bond donors (Lipinski definition) is 1. The minimum atomic E-state index is -1.08. The Morgan fingerprint density at radius 2 is 1.76 bits per heavy atom. The smallest absolute Gasteiger partial charge is 0.163 e. The van der Waals surface area contributed by atoms with Crippen molar-refractivity contribution in [3.63, 3.8) is 0 Å². The molecule has 1 saturated heterocycles. The van der Waals surface area contributed by atoms with E-state index < -0.39 is 17.5 Å². The molecule has 0 spiro atoms. The molecule has 1 N–H and O–H groups in total. The van der Waals surface area contributed by atoms with Gasteiger partial charge in [0.2, 0.25) is 0 Å². The predicted octanol–water partition coefficient (Wildman–Crippen LogP) is 3.27. The number of piperazine rings is 1. The molecule has 0 unspecified atom stereocenters. The van der Waals surface area contributed by atoms with Gasteiger partial charge in [0.05, 0.1) is 0 Å². The van der Waals surface area contributed by atoms with E-state index in [0.29, 0.717) is 12.0 Å². The van der Waals surface area contributed by atoms with Gasteiger partial charge < -0.3 is 5.32 Å². The fourth-order valence-corrected chi connectivity index (χ4v) is 3.26. The van der Waals surface area contributed by atoms with Crippen LogP contribution in [0.3, 0.4) is 0 Å². The van der Waals surface area contributed by atoms with Crippen LogP contribution in [0, 0.1) is 23.4 Å². The van der Waals surface area contributed by atoms with Crippen LogP contribution in [0.15, 0.2) is 12.1 Å². The molecule has 1 heterocycles. The van der Waals surface area contributed by atoms with Crippen molar-refractivity contribution in [1.29, 1.82) is 0 Å². The third-order valence-electron chi connectivity index (χ3n) is 4.48. The molecule has 1 aliphatic heterocycles. The Kier molecular flexibility index (Phi) is 5.52. The Bertz CT molecular complexity index is 488. The second-order valence-electron chi connectivity index (χ2n) is 5.71. The van der Waals surface area contributed by atoms with Crippen LogP contribution < -0.4 is 5.32 Å². The van der Waals surface area contributed by atoms with Crippen molar-refractivity contribution >= 4 is 12.4 Å². The highest BCUT2D eigenvalue weighted by molar-refractivity contribution is 5.85. The highest BCUT2D eigenvalue weighted by atomic mass is 35.5. The molecular weight excluding hydrogens is 301 g/mol. The highest BCUT2D eigenvalue weighted by Crippen LogP contribution is 2.42. The summed E-state index contributed by atoms with van der Waals surface area (Å²) >= 11 is 0. The Morgan fingerprint density at radius 3 is 2.33 bits per heavy atom. The molecule has 1 atom stereocenters. The fourth-order valence-electron chi connectivity index (χ4n) is 3.26. The van der Waals surface area contributed by atoms with Crippen LogP contribution in [0.1, 0.15) is 30.9 Å². The summed E-state index contributed by atoms with van der Waals surface area (Å²) < 4.78 is 41.1. The summed E-state index contributed by atoms with van der Waals surface area (Å²) in [5.41, 5.74) is 0.189. The van der Waals surface area contributed by atoms with Crippen LogP contribution in [-0.2, 0) is 0 Å². The molecule has 2 nitrogen and oxygen atoms in total. The Labute approximate surface area is 129 Å². The van der Waals surface area contributed by atoms with Gasteiger partial charge in [0.25, 0.3) is 0 Å². The van der Waals surface area contributed by atoms with Crippen LogP contribution in [0.5, 0.6) is 0 Å². The molecule has 6 heteroatoms. The van der Waals surface area contributed by atoms with Crippen LogP contribution in [0.4, 0.5) is 13.2 Å². The summed E-state index contributed by atoms with van der Waals surface area (Å²) in [5.74, 6) is -2.36. The molecule has 1 aliphatic carbocycles. The van der Waals surface area contributed by atoms with Crippen molar-refractivity contribution in [3.05, 3.63) is 35.1 Å². The largest absolute Gasteiger partial charge is 0.314 e. The van der Waals surface area contributed by atoms with E-state index in [4.69, 9.17) is 0 Å². The van der Waals surface area contributed by atoms with Gasteiger partial charge in [0.1, 0.15) is 5.82 Å². The molecule has 1 aromatic carbocycles. The average molecular weight is 321 g/mol. The second-order valence-corrected chi connectivity index (χ2v) is 5.71. The quantitative estimate of drug-likeness (QED) is 0.860. The van der Waals surface area contributed by atoms with Gasteiger partial charge in [-0.05, 0) is 24.8 Å². The summed E-state index contributed by atoms with van der Waals surface area (Å²) in [6.07, 6.45) is 3.13. The van der Waals surface area contributed by atoms with Crippen LogP contribution in [0.25, 0.3) is 0 Å². The van der Waals surface area contributed by atoms with Crippen LogP contribution in [0.2, 0.25) is 0 Å². The summed E-state index contributed by atoms with van der Waals surface area (Å²) in [4.78, 5) is 2.16. The first kappa shape index (κ1) is 16.6. The highest BCUT2D eigenvalue weighted by Gasteiger charge is 2.36. The summed E-state index contributed by atoms with van der Waals surface area (Å²) in [7, 11) is 0. The van der Waals surface area contributed by atoms with Crippen LogP contribution in [-0.4, -0.2) is 31.1 Å². The fraction of sp³-hybridized carbons (Fsp3) is 0.600. The molecule has 1 saturated carbocycles. The van der Waals surface area contributed by atoms with Gasteiger partial charge in [-0.15, -0.1) is 12.4 Å². The lowest BCUT2D eigenvalue weighted by molar-refractivity contribution is 0.0804. The first-order chi connectivity index (χ1) is 9.66. The number of benzene rings is 1. The van der Waals surface area contributed by atoms with E-state index in [1.54, 1.807) is 0 Å². The van der Waals surface area contributed by atoms with Crippen molar-refractivity contribution in [2.45, 2.75) is 25.3 Å². The van der Waals surface area contributed by atoms with E-state index in [1.165, 1.54) is 6.07 Å². The van der Waals surface area contributed by atoms with Crippen molar-refractivity contribution < 1.29 is 13.2 Å². The maximum atomic E-state index is 14.1. The van der Waals surface area contributed by atoms with Crippen LogP contribution >= 0.6 is 12.4 Å². The monoisotopic (exact) mass is 320 g/mol. The molecule has 0 radical (unpaired) electrons. The number of hydrogen-bond acceptors (Lipinski definition) is 2. The predicted molar refractivity (Wildman–Crippen MR) is 78.1 cm³/mol. The molecule has 0 amide bonds. The van der Waals surface area contributed by atoms with Gasteiger partial charge in [-0.3, -0.25) is 4.90 Å². The lowest BCUT2D eigenvalue weighted by Crippen LogP contribution is -2.48. The minimum absolute atomic E-state index is 0. The van der Waals surface area contributed by atoms with E-state index >= 15 is 0 Å². The van der Waals surface area contributed by atoms with E-state index in [9.17, 15) is 13.2 Å². The summed E-state index contributed by atoms with van der Waals surface area (Å²) in [6, 6.07) is 1.59. The van der Waals surface area contributed by atoms with Gasteiger partial charge in [-0.25, -0.2) is 13.2 Å². The molecule has 2 fully saturated rings. The van der Waals surface area contributed by atoms with Gasteiger partial charge in [-0.2, -0.15) is 0 Å². The lowest BCUT2D eigenvalue weighted by Gasteiger charge is -2.43. The topological polar surface area (TPSA) is 15.3 Å². The van der Waals surface area contributed by atoms with Gasteiger partial charge >= 0.3 is 0 Å². The minimum Gasteiger partial charge on any atom is -0.314 e. The number of nitrogens with one attached hydrogen (secondary N) is 1. The lowest BCUT2D eigenvalue weighted by atomic mass is 9.76. The van der Waals surface area contributed by atoms with E-state index in [-0.39, 0.29) is 24.0 Å². The third kappa shape index (κ3) is 3.35. The molecule has 0 aromatic heterocycles. The molecule has 0 bridgehead atoms. The molecule has 118 valence electrons. The molecule has 1 aromatic rings. The Hall–Kier alpha value is -0.780. The summed E-state index contributed by atoms with van der Waals surface area (Å²) in [6.45, 7) is 3.25.